The Morgan fingerprint density at radius 1 is 1.11 bits per heavy atom. The van der Waals surface area contributed by atoms with Crippen molar-refractivity contribution >= 4 is 34.7 Å². The molecule has 0 unspecified atom stereocenters. The van der Waals surface area contributed by atoms with Crippen LogP contribution in [0, 0.1) is 22.9 Å². The number of imidazole rings is 1. The van der Waals surface area contributed by atoms with Gasteiger partial charge in [-0.05, 0) is 25.7 Å². The van der Waals surface area contributed by atoms with Crippen molar-refractivity contribution in [2.24, 2.45) is 11.1 Å². The highest BCUT2D eigenvalue weighted by molar-refractivity contribution is 5.80. The van der Waals surface area contributed by atoms with Crippen molar-refractivity contribution in [2.45, 2.75) is 63.5 Å². The van der Waals surface area contributed by atoms with Crippen molar-refractivity contribution in [2.75, 3.05) is 10.6 Å². The predicted molar refractivity (Wildman–Crippen MR) is 121 cm³/mol. The quantitative estimate of drug-likeness (QED) is 0.412. The molecule has 2 fully saturated rings. The fraction of sp³-hybridized carbons (Fsp3) is 0.478. The minimum Gasteiger partial charge on any atom is -0.369 e. The number of nitrogens with zero attached hydrogens (tertiary/aromatic N) is 4. The zero-order valence-corrected chi connectivity index (χ0v) is 19.3. The van der Waals surface area contributed by atoms with E-state index in [0.717, 1.165) is 0 Å². The molecule has 2 heterocycles. The molecule has 192 valence electrons. The molecule has 36 heavy (non-hydrogen) atoms. The zero-order valence-electron chi connectivity index (χ0n) is 19.3. The normalized spacial score (nSPS) is 23.9. The number of nitrogens with two attached hydrogens (primary N) is 1. The average Bonchev–Trinajstić information content (AvgIpc) is 3.13. The van der Waals surface area contributed by atoms with Crippen LogP contribution in [0.1, 0.15) is 51.5 Å². The van der Waals surface area contributed by atoms with Crippen LogP contribution in [0.3, 0.4) is 0 Å². The lowest BCUT2D eigenvalue weighted by molar-refractivity contribution is -0.128. The molecule has 0 bridgehead atoms. The van der Waals surface area contributed by atoms with E-state index in [1.165, 1.54) is 6.20 Å². The second kappa shape index (κ2) is 8.56. The molecule has 0 atom stereocenters. The highest BCUT2D eigenvalue weighted by Crippen LogP contribution is 2.43. The number of benzene rings is 1. The molecular weight excluding hydrogens is 485 g/mol. The van der Waals surface area contributed by atoms with Crippen molar-refractivity contribution < 1.29 is 26.7 Å². The van der Waals surface area contributed by atoms with Crippen LogP contribution in [0.15, 0.2) is 18.3 Å². The number of carbonyl (C=O) groups excluding carboxylic acids is 1. The number of fused-ring (bicyclic) bond motifs is 1. The van der Waals surface area contributed by atoms with Crippen LogP contribution in [0.5, 0.6) is 0 Å². The topological polar surface area (TPSA) is 111 Å². The Hall–Kier alpha value is -3.51. The number of aromatic nitrogens is 4. The molecule has 8 nitrogen and oxygen atoms in total. The maximum Gasteiger partial charge on any atom is 0.252 e. The summed E-state index contributed by atoms with van der Waals surface area (Å²) in [6.45, 7) is 1.79. The fourth-order valence-corrected chi connectivity index (χ4v) is 4.86. The number of primary amides is 1. The van der Waals surface area contributed by atoms with E-state index in [-0.39, 0.29) is 30.8 Å². The van der Waals surface area contributed by atoms with Crippen LogP contribution in [0.2, 0.25) is 0 Å². The second-order valence-corrected chi connectivity index (χ2v) is 9.84. The molecule has 2 aliphatic rings. The minimum atomic E-state index is -2.72. The SMILES string of the molecule is C[C@]1(C(N)=O)CC[C@H](n2c(Nc3c(F)cc(F)cc3F)nc3cnc(NC4CC(F)(F)C4)nc32)CC1. The lowest BCUT2D eigenvalue weighted by atomic mass is 9.73. The van der Waals surface area contributed by atoms with Gasteiger partial charge in [-0.2, -0.15) is 4.98 Å². The molecule has 0 spiro atoms. The standard InChI is InChI=1S/C23H24F5N7O/c1-22(19(29)36)4-2-13(3-5-22)35-18-16(10-30-20(34-18)31-12-8-23(27,28)9-12)32-21(35)33-17-14(25)6-11(24)7-15(17)26/h6-7,10,12-13H,2-5,8-9H2,1H3,(H2,29,36)(H,32,33)(H,30,31,34)/t13-,22-. The summed E-state index contributed by atoms with van der Waals surface area (Å²) in [6.07, 6.45) is 2.65. The van der Waals surface area contributed by atoms with Crippen molar-refractivity contribution in [3.63, 3.8) is 0 Å². The van der Waals surface area contributed by atoms with E-state index < -0.39 is 46.4 Å². The average molecular weight is 509 g/mol. The molecule has 0 radical (unpaired) electrons. The summed E-state index contributed by atoms with van der Waals surface area (Å²) in [5.41, 5.74) is 4.91. The van der Waals surface area contributed by atoms with Crippen LogP contribution >= 0.6 is 0 Å². The molecule has 2 saturated carbocycles. The molecule has 2 aliphatic carbocycles. The maximum atomic E-state index is 14.4. The van der Waals surface area contributed by atoms with Gasteiger partial charge in [-0.25, -0.2) is 31.9 Å². The van der Waals surface area contributed by atoms with Gasteiger partial charge >= 0.3 is 0 Å². The van der Waals surface area contributed by atoms with Crippen LogP contribution in [-0.4, -0.2) is 37.4 Å². The zero-order chi connectivity index (χ0) is 25.8. The first kappa shape index (κ1) is 24.2. The minimum absolute atomic E-state index is 0.0451. The third-order valence-electron chi connectivity index (χ3n) is 7.12. The van der Waals surface area contributed by atoms with Gasteiger partial charge in [0.1, 0.15) is 17.0 Å². The molecule has 0 aliphatic heterocycles. The maximum absolute atomic E-state index is 14.4. The monoisotopic (exact) mass is 509 g/mol. The Labute approximate surface area is 202 Å². The molecule has 1 amide bonds. The first-order valence-corrected chi connectivity index (χ1v) is 11.5. The predicted octanol–water partition coefficient (Wildman–Crippen LogP) is 4.80. The van der Waals surface area contributed by atoms with Crippen molar-refractivity contribution in [1.29, 1.82) is 0 Å². The van der Waals surface area contributed by atoms with Crippen LogP contribution in [-0.2, 0) is 4.79 Å². The molecule has 3 aromatic rings. The summed E-state index contributed by atoms with van der Waals surface area (Å²) < 4.78 is 70.4. The Kier molecular flexibility index (Phi) is 5.75. The van der Waals surface area contributed by atoms with Gasteiger partial charge in [0, 0.05) is 42.5 Å². The van der Waals surface area contributed by atoms with E-state index in [0.29, 0.717) is 49.0 Å². The van der Waals surface area contributed by atoms with Gasteiger partial charge in [0.05, 0.1) is 6.20 Å². The second-order valence-electron chi connectivity index (χ2n) is 9.84. The van der Waals surface area contributed by atoms with E-state index in [9.17, 15) is 26.7 Å². The molecule has 4 N–H and O–H groups in total. The van der Waals surface area contributed by atoms with Gasteiger partial charge in [0.2, 0.25) is 17.8 Å². The van der Waals surface area contributed by atoms with E-state index in [1.54, 1.807) is 11.5 Å². The summed E-state index contributed by atoms with van der Waals surface area (Å²) in [7, 11) is 0. The van der Waals surface area contributed by atoms with Crippen molar-refractivity contribution in [3.8, 4) is 0 Å². The van der Waals surface area contributed by atoms with Gasteiger partial charge in [0.15, 0.2) is 17.3 Å². The number of rotatable bonds is 6. The van der Waals surface area contributed by atoms with Gasteiger partial charge in [-0.15, -0.1) is 0 Å². The highest BCUT2D eigenvalue weighted by Gasteiger charge is 2.45. The van der Waals surface area contributed by atoms with Gasteiger partial charge in [0.25, 0.3) is 5.92 Å². The van der Waals surface area contributed by atoms with Gasteiger partial charge < -0.3 is 16.4 Å². The molecular formula is C23H24F5N7O. The summed E-state index contributed by atoms with van der Waals surface area (Å²) in [4.78, 5) is 24.9. The lowest BCUT2D eigenvalue weighted by Gasteiger charge is -2.36. The highest BCUT2D eigenvalue weighted by atomic mass is 19.3. The van der Waals surface area contributed by atoms with E-state index in [1.807, 2.05) is 0 Å². The number of hydrogen-bond acceptors (Lipinski definition) is 6. The smallest absolute Gasteiger partial charge is 0.252 e. The number of hydrogen-bond donors (Lipinski definition) is 3. The van der Waals surface area contributed by atoms with Gasteiger partial charge in [-0.1, -0.05) is 6.92 Å². The first-order valence-electron chi connectivity index (χ1n) is 11.5. The van der Waals surface area contributed by atoms with Crippen molar-refractivity contribution in [1.82, 2.24) is 19.5 Å². The Balaban J connectivity index is 1.52. The first-order chi connectivity index (χ1) is 16.9. The number of halogens is 5. The summed E-state index contributed by atoms with van der Waals surface area (Å²) in [5, 5.41) is 5.50. The largest absolute Gasteiger partial charge is 0.369 e. The molecule has 13 heteroatoms. The summed E-state index contributed by atoms with van der Waals surface area (Å²) in [5.74, 6) is -6.32. The molecule has 2 aromatic heterocycles. The van der Waals surface area contributed by atoms with Crippen LogP contribution in [0.4, 0.5) is 39.5 Å². The third-order valence-corrected chi connectivity index (χ3v) is 7.12. The molecule has 1 aromatic carbocycles. The van der Waals surface area contributed by atoms with E-state index in [2.05, 4.69) is 25.6 Å². The van der Waals surface area contributed by atoms with Crippen molar-refractivity contribution in [3.05, 3.63) is 35.8 Å². The number of nitrogens with one attached hydrogen (secondary N) is 2. The Morgan fingerprint density at radius 3 is 2.33 bits per heavy atom. The van der Waals surface area contributed by atoms with E-state index in [4.69, 9.17) is 5.73 Å². The van der Waals surface area contributed by atoms with Crippen LogP contribution in [0.25, 0.3) is 11.2 Å². The Morgan fingerprint density at radius 2 is 1.75 bits per heavy atom. The third kappa shape index (κ3) is 4.42. The number of anilines is 3. The molecule has 0 saturated heterocycles. The van der Waals surface area contributed by atoms with Crippen LogP contribution < -0.4 is 16.4 Å². The number of carbonyl (C=O) groups is 1. The summed E-state index contributed by atoms with van der Waals surface area (Å²) >= 11 is 0. The number of alkyl halides is 2. The fourth-order valence-electron chi connectivity index (χ4n) is 4.86. The molecule has 5 rings (SSSR count). The van der Waals surface area contributed by atoms with E-state index >= 15 is 0 Å². The lowest BCUT2D eigenvalue weighted by Crippen LogP contribution is -2.44. The Bertz CT molecular complexity index is 1300. The summed E-state index contributed by atoms with van der Waals surface area (Å²) in [6, 6.07) is 0.341. The van der Waals surface area contributed by atoms with Gasteiger partial charge in [-0.3, -0.25) is 9.36 Å². The number of amides is 1.